The van der Waals surface area contributed by atoms with Crippen LogP contribution in [-0.4, -0.2) is 50.7 Å². The fraction of sp³-hybridized carbons (Fsp3) is 0.455. The lowest BCUT2D eigenvalue weighted by atomic mass is 10.2. The molecule has 1 saturated heterocycles. The highest BCUT2D eigenvalue weighted by atomic mass is 15.2. The molecule has 2 aliphatic rings. The van der Waals surface area contributed by atoms with Crippen LogP contribution in [0.25, 0.3) is 11.4 Å². The van der Waals surface area contributed by atoms with Gasteiger partial charge in [-0.15, -0.1) is 0 Å². The molecule has 0 saturated carbocycles. The van der Waals surface area contributed by atoms with Crippen LogP contribution in [0.3, 0.4) is 0 Å². The number of nitrogens with one attached hydrogen (secondary N) is 1. The first kappa shape index (κ1) is 18.2. The van der Waals surface area contributed by atoms with Gasteiger partial charge in [-0.3, -0.25) is 4.98 Å². The van der Waals surface area contributed by atoms with Gasteiger partial charge >= 0.3 is 0 Å². The summed E-state index contributed by atoms with van der Waals surface area (Å²) in [7, 11) is 0. The Balaban J connectivity index is 1.39. The van der Waals surface area contributed by atoms with Gasteiger partial charge in [-0.1, -0.05) is 6.92 Å². The second-order valence-corrected chi connectivity index (χ2v) is 7.68. The highest BCUT2D eigenvalue weighted by Gasteiger charge is 2.28. The number of pyridine rings is 1. The molecule has 7 heteroatoms. The van der Waals surface area contributed by atoms with Crippen LogP contribution in [-0.2, 0) is 25.8 Å². The van der Waals surface area contributed by atoms with Gasteiger partial charge in [0.05, 0.1) is 35.4 Å². The number of nitrogens with zero attached hydrogens (tertiary/aromatic N) is 6. The Kier molecular flexibility index (Phi) is 4.75. The Morgan fingerprint density at radius 2 is 1.90 bits per heavy atom. The molecule has 3 aromatic heterocycles. The SMILES string of the molecule is CCc1nc2c(n1CC)-c1nc(Cc3ccc(N4CCNCC4)cn3)ncc1C2. The maximum atomic E-state index is 4.93. The Bertz CT molecular complexity index is 1020. The van der Waals surface area contributed by atoms with Crippen LogP contribution in [0.1, 0.15) is 42.4 Å². The Morgan fingerprint density at radius 1 is 1.03 bits per heavy atom. The van der Waals surface area contributed by atoms with Gasteiger partial charge in [0, 0.05) is 63.0 Å². The van der Waals surface area contributed by atoms with E-state index in [-0.39, 0.29) is 0 Å². The number of aryl methyl sites for hydroxylation is 1. The Labute approximate surface area is 171 Å². The van der Waals surface area contributed by atoms with Crippen molar-refractivity contribution in [1.29, 1.82) is 0 Å². The predicted octanol–water partition coefficient (Wildman–Crippen LogP) is 2.22. The first-order valence-electron chi connectivity index (χ1n) is 10.6. The molecule has 1 aliphatic carbocycles. The summed E-state index contributed by atoms with van der Waals surface area (Å²) in [5.74, 6) is 1.97. The summed E-state index contributed by atoms with van der Waals surface area (Å²) in [5.41, 5.74) is 6.75. The molecule has 29 heavy (non-hydrogen) atoms. The third-order valence-corrected chi connectivity index (χ3v) is 5.88. The van der Waals surface area contributed by atoms with Gasteiger partial charge in [0.2, 0.25) is 0 Å². The molecule has 4 heterocycles. The summed E-state index contributed by atoms with van der Waals surface area (Å²) in [4.78, 5) is 21.4. The van der Waals surface area contributed by atoms with Gasteiger partial charge in [0.1, 0.15) is 11.6 Å². The number of hydrogen-bond donors (Lipinski definition) is 1. The molecule has 5 rings (SSSR count). The zero-order chi connectivity index (χ0) is 19.8. The van der Waals surface area contributed by atoms with Crippen LogP contribution in [0.4, 0.5) is 5.69 Å². The molecule has 1 fully saturated rings. The lowest BCUT2D eigenvalue weighted by molar-refractivity contribution is 0.588. The number of fused-ring (bicyclic) bond motifs is 3. The molecule has 150 valence electrons. The van der Waals surface area contributed by atoms with Crippen molar-refractivity contribution >= 4 is 5.69 Å². The molecule has 0 bridgehead atoms. The van der Waals surface area contributed by atoms with E-state index >= 15 is 0 Å². The summed E-state index contributed by atoms with van der Waals surface area (Å²) in [5, 5.41) is 3.38. The van der Waals surface area contributed by atoms with Crippen molar-refractivity contribution in [3.8, 4) is 11.4 Å². The maximum Gasteiger partial charge on any atom is 0.134 e. The first-order valence-corrected chi connectivity index (χ1v) is 10.6. The van der Waals surface area contributed by atoms with E-state index in [0.717, 1.165) is 74.3 Å². The molecule has 0 atom stereocenters. The lowest BCUT2D eigenvalue weighted by Gasteiger charge is -2.29. The van der Waals surface area contributed by atoms with Gasteiger partial charge in [0.25, 0.3) is 0 Å². The molecular formula is C22H27N7. The van der Waals surface area contributed by atoms with Gasteiger partial charge in [-0.2, -0.15) is 0 Å². The van der Waals surface area contributed by atoms with Gasteiger partial charge in [-0.05, 0) is 19.1 Å². The Morgan fingerprint density at radius 3 is 2.62 bits per heavy atom. The van der Waals surface area contributed by atoms with Crippen LogP contribution in [0.5, 0.6) is 0 Å². The topological polar surface area (TPSA) is 71.8 Å². The van der Waals surface area contributed by atoms with Gasteiger partial charge in [-0.25, -0.2) is 15.0 Å². The third kappa shape index (κ3) is 3.29. The zero-order valence-electron chi connectivity index (χ0n) is 17.1. The van der Waals surface area contributed by atoms with Crippen molar-refractivity contribution < 1.29 is 0 Å². The number of aromatic nitrogens is 5. The van der Waals surface area contributed by atoms with Crippen molar-refractivity contribution in [2.24, 2.45) is 0 Å². The summed E-state index contributed by atoms with van der Waals surface area (Å²) >= 11 is 0. The molecule has 0 unspecified atom stereocenters. The van der Waals surface area contributed by atoms with Crippen LogP contribution < -0.4 is 10.2 Å². The van der Waals surface area contributed by atoms with E-state index in [1.807, 2.05) is 12.4 Å². The van der Waals surface area contributed by atoms with Crippen LogP contribution in [0, 0.1) is 0 Å². The van der Waals surface area contributed by atoms with E-state index in [4.69, 9.17) is 9.97 Å². The standard InChI is InChI=1S/C22H27N7/c1-3-20-26-18-11-15-13-25-19(27-21(15)22(18)29(20)4-2)12-16-5-6-17(14-24-16)28-9-7-23-8-10-28/h5-6,13-14,23H,3-4,7-12H2,1-2H3. The van der Waals surface area contributed by atoms with Crippen LogP contribution in [0.15, 0.2) is 24.5 Å². The molecule has 1 N–H and O–H groups in total. The average Bonchev–Trinajstić information content (AvgIpc) is 3.30. The zero-order valence-corrected chi connectivity index (χ0v) is 17.1. The molecule has 1 aliphatic heterocycles. The summed E-state index contributed by atoms with van der Waals surface area (Å²) in [6.45, 7) is 9.36. The van der Waals surface area contributed by atoms with E-state index < -0.39 is 0 Å². The van der Waals surface area contributed by atoms with Gasteiger partial charge in [0.15, 0.2) is 0 Å². The quantitative estimate of drug-likeness (QED) is 0.564. The molecule has 0 amide bonds. The molecule has 0 radical (unpaired) electrons. The minimum atomic E-state index is 0.644. The number of hydrogen-bond acceptors (Lipinski definition) is 6. The second kappa shape index (κ2) is 7.55. The largest absolute Gasteiger partial charge is 0.368 e. The van der Waals surface area contributed by atoms with E-state index in [2.05, 4.69) is 50.7 Å². The molecule has 3 aromatic rings. The molecular weight excluding hydrogens is 362 g/mol. The van der Waals surface area contributed by atoms with Crippen molar-refractivity contribution in [1.82, 2.24) is 29.8 Å². The normalized spacial score (nSPS) is 15.4. The number of rotatable bonds is 5. The van der Waals surface area contributed by atoms with Crippen molar-refractivity contribution in [2.45, 2.75) is 39.7 Å². The highest BCUT2D eigenvalue weighted by molar-refractivity contribution is 5.69. The number of imidazole rings is 1. The summed E-state index contributed by atoms with van der Waals surface area (Å²) in [6.07, 6.45) is 6.37. The van der Waals surface area contributed by atoms with Crippen molar-refractivity contribution in [3.63, 3.8) is 0 Å². The average molecular weight is 390 g/mol. The smallest absolute Gasteiger partial charge is 0.134 e. The first-order chi connectivity index (χ1) is 14.3. The van der Waals surface area contributed by atoms with E-state index in [9.17, 15) is 0 Å². The molecule has 7 nitrogen and oxygen atoms in total. The van der Waals surface area contributed by atoms with Crippen LogP contribution >= 0.6 is 0 Å². The van der Waals surface area contributed by atoms with E-state index in [1.54, 1.807) is 0 Å². The molecule has 0 aromatic carbocycles. The fourth-order valence-electron chi connectivity index (χ4n) is 4.39. The monoisotopic (exact) mass is 389 g/mol. The van der Waals surface area contributed by atoms with Crippen molar-refractivity contribution in [2.75, 3.05) is 31.1 Å². The van der Waals surface area contributed by atoms with E-state index in [0.29, 0.717) is 6.42 Å². The second-order valence-electron chi connectivity index (χ2n) is 7.68. The predicted molar refractivity (Wildman–Crippen MR) is 113 cm³/mol. The third-order valence-electron chi connectivity index (χ3n) is 5.88. The lowest BCUT2D eigenvalue weighted by Crippen LogP contribution is -2.43. The van der Waals surface area contributed by atoms with Crippen molar-refractivity contribution in [3.05, 3.63) is 53.1 Å². The van der Waals surface area contributed by atoms with E-state index in [1.165, 1.54) is 16.9 Å². The Hall–Kier alpha value is -2.80. The van der Waals surface area contributed by atoms with Gasteiger partial charge < -0.3 is 14.8 Å². The summed E-state index contributed by atoms with van der Waals surface area (Å²) in [6, 6.07) is 4.27. The number of piperazine rings is 1. The highest BCUT2D eigenvalue weighted by Crippen LogP contribution is 2.35. The fourth-order valence-corrected chi connectivity index (χ4v) is 4.39. The number of anilines is 1. The van der Waals surface area contributed by atoms with Crippen LogP contribution in [0.2, 0.25) is 0 Å². The molecule has 0 spiro atoms. The minimum Gasteiger partial charge on any atom is -0.368 e. The maximum absolute atomic E-state index is 4.93. The minimum absolute atomic E-state index is 0.644. The summed E-state index contributed by atoms with van der Waals surface area (Å²) < 4.78 is 2.30.